The zero-order chi connectivity index (χ0) is 13.9. The Balaban J connectivity index is 2.04. The van der Waals surface area contributed by atoms with Crippen LogP contribution in [0.2, 0.25) is 0 Å². The van der Waals surface area contributed by atoms with E-state index in [1.54, 1.807) is 35.3 Å². The summed E-state index contributed by atoms with van der Waals surface area (Å²) in [7, 11) is 0. The lowest BCUT2D eigenvalue weighted by atomic mass is 10.1. The molecule has 0 amide bonds. The molecule has 3 aromatic rings. The summed E-state index contributed by atoms with van der Waals surface area (Å²) in [6.45, 7) is 1.87. The summed E-state index contributed by atoms with van der Waals surface area (Å²) >= 11 is 0. The van der Waals surface area contributed by atoms with Gasteiger partial charge in [0, 0.05) is 17.5 Å². The Kier molecular flexibility index (Phi) is 3.13. The first-order chi connectivity index (χ1) is 9.75. The number of carbonyl (C=O) groups excluding carboxylic acids is 1. The number of benzene rings is 1. The van der Waals surface area contributed by atoms with Crippen molar-refractivity contribution in [1.29, 1.82) is 0 Å². The largest absolute Gasteiger partial charge is 0.287 e. The van der Waals surface area contributed by atoms with E-state index in [-0.39, 0.29) is 5.78 Å². The number of carbonyl (C=O) groups is 1. The monoisotopic (exact) mass is 263 g/mol. The Morgan fingerprint density at radius 1 is 1.05 bits per heavy atom. The van der Waals surface area contributed by atoms with Gasteiger partial charge in [0.05, 0.1) is 11.9 Å². The lowest BCUT2D eigenvalue weighted by molar-refractivity contribution is 0.103. The highest BCUT2D eigenvalue weighted by atomic mass is 16.1. The summed E-state index contributed by atoms with van der Waals surface area (Å²) in [5, 5.41) is 4.24. The maximum absolute atomic E-state index is 12.6. The molecule has 0 aliphatic rings. The van der Waals surface area contributed by atoms with Crippen molar-refractivity contribution in [2.75, 3.05) is 0 Å². The quantitative estimate of drug-likeness (QED) is 0.683. The summed E-state index contributed by atoms with van der Waals surface area (Å²) in [6, 6.07) is 14.8. The summed E-state index contributed by atoms with van der Waals surface area (Å²) in [6.07, 6.45) is 3.28. The Morgan fingerprint density at radius 2 is 1.85 bits per heavy atom. The third kappa shape index (κ3) is 2.23. The third-order valence-electron chi connectivity index (χ3n) is 3.03. The van der Waals surface area contributed by atoms with Crippen LogP contribution in [0.4, 0.5) is 0 Å². The fourth-order valence-electron chi connectivity index (χ4n) is 2.08. The second-order valence-electron chi connectivity index (χ2n) is 4.48. The zero-order valence-corrected chi connectivity index (χ0v) is 11.0. The zero-order valence-electron chi connectivity index (χ0n) is 11.0. The van der Waals surface area contributed by atoms with Gasteiger partial charge >= 0.3 is 0 Å². The van der Waals surface area contributed by atoms with Crippen LogP contribution in [-0.2, 0) is 0 Å². The van der Waals surface area contributed by atoms with Crippen LogP contribution in [0, 0.1) is 6.92 Å². The number of aromatic nitrogens is 3. The minimum atomic E-state index is -0.0585. The molecule has 4 nitrogen and oxygen atoms in total. The molecule has 3 rings (SSSR count). The summed E-state index contributed by atoms with van der Waals surface area (Å²) < 4.78 is 1.65. The molecule has 1 aromatic carbocycles. The maximum Gasteiger partial charge on any atom is 0.211 e. The first kappa shape index (κ1) is 12.3. The lowest BCUT2D eigenvalue weighted by Crippen LogP contribution is -2.10. The molecule has 0 atom stereocenters. The van der Waals surface area contributed by atoms with Gasteiger partial charge in [-0.2, -0.15) is 5.10 Å². The van der Waals surface area contributed by atoms with Gasteiger partial charge < -0.3 is 0 Å². The second-order valence-corrected chi connectivity index (χ2v) is 4.48. The molecule has 0 aliphatic carbocycles. The van der Waals surface area contributed by atoms with Crippen LogP contribution < -0.4 is 0 Å². The minimum Gasteiger partial charge on any atom is -0.287 e. The molecule has 0 bridgehead atoms. The number of nitrogens with zero attached hydrogens (tertiary/aromatic N) is 3. The van der Waals surface area contributed by atoms with Gasteiger partial charge in [-0.05, 0) is 37.3 Å². The van der Waals surface area contributed by atoms with Crippen molar-refractivity contribution in [2.24, 2.45) is 0 Å². The van der Waals surface area contributed by atoms with E-state index in [1.165, 1.54) is 0 Å². The summed E-state index contributed by atoms with van der Waals surface area (Å²) in [5.41, 5.74) is 2.85. The van der Waals surface area contributed by atoms with E-state index >= 15 is 0 Å². The number of ketones is 1. The Labute approximate surface area is 116 Å². The first-order valence-corrected chi connectivity index (χ1v) is 6.32. The smallest absolute Gasteiger partial charge is 0.211 e. The van der Waals surface area contributed by atoms with Crippen LogP contribution in [0.25, 0.3) is 5.69 Å². The highest BCUT2D eigenvalue weighted by Gasteiger charge is 2.15. The maximum atomic E-state index is 12.6. The predicted molar refractivity (Wildman–Crippen MR) is 76.0 cm³/mol. The number of para-hydroxylation sites is 1. The minimum absolute atomic E-state index is 0.0585. The SMILES string of the molecule is Cc1cc(C(=O)c2ccnn2-c2ccccc2)ccn1. The van der Waals surface area contributed by atoms with Crippen molar-refractivity contribution in [2.45, 2.75) is 6.92 Å². The molecule has 98 valence electrons. The molecule has 0 unspecified atom stereocenters. The fourth-order valence-corrected chi connectivity index (χ4v) is 2.08. The standard InChI is InChI=1S/C16H13N3O/c1-12-11-13(7-9-17-12)16(20)15-8-10-18-19(15)14-5-3-2-4-6-14/h2-11H,1H3. The van der Waals surface area contributed by atoms with Crippen molar-refractivity contribution in [3.63, 3.8) is 0 Å². The fraction of sp³-hybridized carbons (Fsp3) is 0.0625. The van der Waals surface area contributed by atoms with E-state index in [2.05, 4.69) is 10.1 Å². The topological polar surface area (TPSA) is 47.8 Å². The van der Waals surface area contributed by atoms with E-state index in [0.717, 1.165) is 11.4 Å². The summed E-state index contributed by atoms with van der Waals surface area (Å²) in [5.74, 6) is -0.0585. The van der Waals surface area contributed by atoms with Crippen LogP contribution in [0.1, 0.15) is 21.7 Å². The van der Waals surface area contributed by atoms with E-state index in [4.69, 9.17) is 0 Å². The van der Waals surface area contributed by atoms with Gasteiger partial charge in [0.15, 0.2) is 0 Å². The Hall–Kier alpha value is -2.75. The molecular weight excluding hydrogens is 250 g/mol. The average Bonchev–Trinajstić information content (AvgIpc) is 2.97. The number of hydrogen-bond acceptors (Lipinski definition) is 3. The molecule has 4 heteroatoms. The number of hydrogen-bond donors (Lipinski definition) is 0. The Bertz CT molecular complexity index is 747. The predicted octanol–water partition coefficient (Wildman–Crippen LogP) is 2.81. The van der Waals surface area contributed by atoms with Crippen LogP contribution in [0.3, 0.4) is 0 Å². The van der Waals surface area contributed by atoms with E-state index < -0.39 is 0 Å². The Morgan fingerprint density at radius 3 is 2.60 bits per heavy atom. The van der Waals surface area contributed by atoms with Gasteiger partial charge in [-0.3, -0.25) is 9.78 Å². The second kappa shape index (κ2) is 5.09. The normalized spacial score (nSPS) is 10.4. The van der Waals surface area contributed by atoms with Gasteiger partial charge in [0.1, 0.15) is 5.69 Å². The average molecular weight is 263 g/mol. The number of rotatable bonds is 3. The molecule has 0 spiro atoms. The van der Waals surface area contributed by atoms with Crippen molar-refractivity contribution >= 4 is 5.78 Å². The molecule has 0 saturated carbocycles. The van der Waals surface area contributed by atoms with Crippen molar-refractivity contribution in [1.82, 2.24) is 14.8 Å². The van der Waals surface area contributed by atoms with E-state index in [9.17, 15) is 4.79 Å². The molecular formula is C16H13N3O. The van der Waals surface area contributed by atoms with Gasteiger partial charge in [-0.1, -0.05) is 18.2 Å². The molecule has 20 heavy (non-hydrogen) atoms. The molecule has 2 heterocycles. The van der Waals surface area contributed by atoms with Crippen LogP contribution in [-0.4, -0.2) is 20.5 Å². The lowest BCUT2D eigenvalue weighted by Gasteiger charge is -2.06. The number of aryl methyl sites for hydroxylation is 1. The molecule has 0 radical (unpaired) electrons. The van der Waals surface area contributed by atoms with Gasteiger partial charge in [-0.15, -0.1) is 0 Å². The van der Waals surface area contributed by atoms with E-state index in [1.807, 2.05) is 37.3 Å². The van der Waals surface area contributed by atoms with Crippen LogP contribution in [0.15, 0.2) is 60.9 Å². The number of pyridine rings is 1. The van der Waals surface area contributed by atoms with E-state index in [0.29, 0.717) is 11.3 Å². The third-order valence-corrected chi connectivity index (χ3v) is 3.03. The molecule has 2 aromatic heterocycles. The molecule has 0 saturated heterocycles. The van der Waals surface area contributed by atoms with Gasteiger partial charge in [0.2, 0.25) is 5.78 Å². The van der Waals surface area contributed by atoms with Crippen LogP contribution in [0.5, 0.6) is 0 Å². The van der Waals surface area contributed by atoms with Gasteiger partial charge in [-0.25, -0.2) is 4.68 Å². The highest BCUT2D eigenvalue weighted by molar-refractivity contribution is 6.08. The van der Waals surface area contributed by atoms with Gasteiger partial charge in [0.25, 0.3) is 0 Å². The van der Waals surface area contributed by atoms with Crippen molar-refractivity contribution in [3.05, 3.63) is 77.9 Å². The summed E-state index contributed by atoms with van der Waals surface area (Å²) in [4.78, 5) is 16.7. The molecule has 0 aliphatic heterocycles. The molecule has 0 fully saturated rings. The first-order valence-electron chi connectivity index (χ1n) is 6.32. The van der Waals surface area contributed by atoms with Crippen molar-refractivity contribution in [3.8, 4) is 5.69 Å². The highest BCUT2D eigenvalue weighted by Crippen LogP contribution is 2.14. The van der Waals surface area contributed by atoms with Crippen LogP contribution >= 0.6 is 0 Å². The molecule has 0 N–H and O–H groups in total. The van der Waals surface area contributed by atoms with Crippen molar-refractivity contribution < 1.29 is 4.79 Å².